The van der Waals surface area contributed by atoms with Gasteiger partial charge >= 0.3 is 0 Å². The molecule has 8 nitrogen and oxygen atoms in total. The number of anilines is 1. The van der Waals surface area contributed by atoms with Crippen molar-refractivity contribution in [1.29, 1.82) is 0 Å². The first-order valence-electron chi connectivity index (χ1n) is 14.4. The SMILES string of the molecule is CC(C)OCCCN1C(=O)[C@@H]2[C@H](C(=O)Nc3ccc(F)c(Cl)c3)[C@@H]3C=C[C@@]2(O3)[C@@H]1C(=O)N[C@@H]1CCC[C@H](C)[C@H]1C. The molecule has 3 fully saturated rings. The van der Waals surface area contributed by atoms with Crippen LogP contribution in [0.5, 0.6) is 0 Å². The summed E-state index contributed by atoms with van der Waals surface area (Å²) in [6.07, 6.45) is 6.59. The molecule has 1 aromatic carbocycles. The predicted octanol–water partition coefficient (Wildman–Crippen LogP) is 4.32. The summed E-state index contributed by atoms with van der Waals surface area (Å²) < 4.78 is 25.8. The molecule has 3 aliphatic heterocycles. The van der Waals surface area contributed by atoms with Crippen LogP contribution < -0.4 is 10.6 Å². The monoisotopic (exact) mass is 575 g/mol. The van der Waals surface area contributed by atoms with Crippen molar-refractivity contribution in [1.82, 2.24) is 10.2 Å². The van der Waals surface area contributed by atoms with Crippen molar-refractivity contribution in [2.75, 3.05) is 18.5 Å². The maximum absolute atomic E-state index is 14.0. The lowest BCUT2D eigenvalue weighted by molar-refractivity contribution is -0.142. The Labute approximate surface area is 240 Å². The Hall–Kier alpha value is -2.49. The summed E-state index contributed by atoms with van der Waals surface area (Å²) in [5.74, 6) is -2.45. The standard InChI is InChI=1S/C30H39ClFN3O5/c1-16(2)39-14-6-13-35-26(28(37)34-22-8-5-7-17(3)18(22)4)30-12-11-23(40-30)24(25(30)29(35)38)27(36)33-19-9-10-21(32)20(31)15-19/h9-12,15-18,22-26H,5-8,13-14H2,1-4H3,(H,33,36)(H,34,37)/t17-,18+,22+,23-,24+,25-,26-,30-/m0/s1. The molecule has 3 heterocycles. The van der Waals surface area contributed by atoms with Crippen LogP contribution in [0.2, 0.25) is 5.02 Å². The highest BCUT2D eigenvalue weighted by Gasteiger charge is 2.72. The molecular weight excluding hydrogens is 537 g/mol. The topological polar surface area (TPSA) is 97.0 Å². The molecule has 1 spiro atoms. The minimum absolute atomic E-state index is 0.0119. The Bertz CT molecular complexity index is 1190. The van der Waals surface area contributed by atoms with Gasteiger partial charge in [0.2, 0.25) is 17.7 Å². The largest absolute Gasteiger partial charge is 0.379 e. The number of benzene rings is 1. The van der Waals surface area contributed by atoms with Crippen molar-refractivity contribution in [2.24, 2.45) is 23.7 Å². The van der Waals surface area contributed by atoms with E-state index in [-0.39, 0.29) is 29.0 Å². The predicted molar refractivity (Wildman–Crippen MR) is 149 cm³/mol. The number of fused-ring (bicyclic) bond motifs is 1. The Morgan fingerprint density at radius 1 is 1.25 bits per heavy atom. The van der Waals surface area contributed by atoms with Crippen molar-refractivity contribution >= 4 is 35.0 Å². The molecule has 5 rings (SSSR count). The van der Waals surface area contributed by atoms with E-state index in [4.69, 9.17) is 21.1 Å². The summed E-state index contributed by atoms with van der Waals surface area (Å²) in [5, 5.41) is 5.91. The molecule has 218 valence electrons. The number of hydrogen-bond acceptors (Lipinski definition) is 5. The fourth-order valence-electron chi connectivity index (χ4n) is 6.91. The highest BCUT2D eigenvalue weighted by Crippen LogP contribution is 2.55. The summed E-state index contributed by atoms with van der Waals surface area (Å²) >= 11 is 5.91. The number of nitrogens with one attached hydrogen (secondary N) is 2. The molecule has 2 N–H and O–H groups in total. The summed E-state index contributed by atoms with van der Waals surface area (Å²) in [7, 11) is 0. The zero-order valence-electron chi connectivity index (χ0n) is 23.5. The minimum atomic E-state index is -1.24. The van der Waals surface area contributed by atoms with Crippen LogP contribution in [0.25, 0.3) is 0 Å². The van der Waals surface area contributed by atoms with Gasteiger partial charge in [0.25, 0.3) is 0 Å². The molecule has 3 amide bonds. The molecule has 10 heteroatoms. The molecule has 0 radical (unpaired) electrons. The average molecular weight is 576 g/mol. The number of halogens is 2. The third-order valence-electron chi connectivity index (χ3n) is 9.14. The fourth-order valence-corrected chi connectivity index (χ4v) is 7.09. The highest BCUT2D eigenvalue weighted by molar-refractivity contribution is 6.31. The zero-order chi connectivity index (χ0) is 28.8. The van der Waals surface area contributed by atoms with Crippen LogP contribution in [0, 0.1) is 29.5 Å². The van der Waals surface area contributed by atoms with Gasteiger partial charge in [-0.25, -0.2) is 4.39 Å². The quantitative estimate of drug-likeness (QED) is 0.338. The lowest BCUT2D eigenvalue weighted by Crippen LogP contribution is -2.58. The van der Waals surface area contributed by atoms with Crippen LogP contribution in [0.4, 0.5) is 10.1 Å². The van der Waals surface area contributed by atoms with E-state index in [1.165, 1.54) is 18.2 Å². The second-order valence-corrected chi connectivity index (χ2v) is 12.4. The average Bonchev–Trinajstić information content (AvgIpc) is 3.54. The number of nitrogens with zero attached hydrogens (tertiary/aromatic N) is 1. The molecular formula is C30H39ClFN3O5. The van der Waals surface area contributed by atoms with Crippen molar-refractivity contribution < 1.29 is 28.2 Å². The lowest BCUT2D eigenvalue weighted by Gasteiger charge is -2.38. The van der Waals surface area contributed by atoms with Crippen LogP contribution in [0.3, 0.4) is 0 Å². The van der Waals surface area contributed by atoms with E-state index < -0.39 is 41.3 Å². The van der Waals surface area contributed by atoms with Gasteiger partial charge in [-0.1, -0.05) is 50.4 Å². The number of carbonyl (C=O) groups excluding carboxylic acids is 3. The van der Waals surface area contributed by atoms with Crippen LogP contribution in [0.15, 0.2) is 30.4 Å². The smallest absolute Gasteiger partial charge is 0.246 e. The Morgan fingerprint density at radius 3 is 2.75 bits per heavy atom. The van der Waals surface area contributed by atoms with Crippen molar-refractivity contribution in [3.63, 3.8) is 0 Å². The van der Waals surface area contributed by atoms with Gasteiger partial charge in [-0.05, 0) is 56.7 Å². The number of carbonyl (C=O) groups is 3. The van der Waals surface area contributed by atoms with E-state index in [1.807, 2.05) is 13.8 Å². The fraction of sp³-hybridized carbons (Fsp3) is 0.633. The molecule has 1 aliphatic carbocycles. The van der Waals surface area contributed by atoms with Crippen molar-refractivity contribution in [3.8, 4) is 0 Å². The van der Waals surface area contributed by atoms with Gasteiger partial charge in [-0.2, -0.15) is 0 Å². The first-order valence-corrected chi connectivity index (χ1v) is 14.8. The number of rotatable bonds is 9. The normalized spacial score (nSPS) is 34.4. The van der Waals surface area contributed by atoms with Gasteiger partial charge in [0.05, 0.1) is 29.1 Å². The molecule has 2 bridgehead atoms. The second-order valence-electron chi connectivity index (χ2n) is 12.0. The van der Waals surface area contributed by atoms with E-state index in [9.17, 15) is 18.8 Å². The van der Waals surface area contributed by atoms with E-state index in [0.29, 0.717) is 37.1 Å². The summed E-state index contributed by atoms with van der Waals surface area (Å²) in [6.45, 7) is 9.01. The minimum Gasteiger partial charge on any atom is -0.379 e. The lowest BCUT2D eigenvalue weighted by atomic mass is 9.73. The van der Waals surface area contributed by atoms with Crippen LogP contribution in [-0.4, -0.2) is 65.7 Å². The van der Waals surface area contributed by atoms with E-state index in [1.54, 1.807) is 17.1 Å². The van der Waals surface area contributed by atoms with Crippen molar-refractivity contribution in [2.45, 2.75) is 83.3 Å². The van der Waals surface area contributed by atoms with E-state index >= 15 is 0 Å². The van der Waals surface area contributed by atoms with Gasteiger partial charge in [0.15, 0.2) is 0 Å². The summed E-state index contributed by atoms with van der Waals surface area (Å²) in [6, 6.07) is 3.03. The van der Waals surface area contributed by atoms with Gasteiger partial charge in [0.1, 0.15) is 17.5 Å². The highest BCUT2D eigenvalue weighted by atomic mass is 35.5. The number of amides is 3. The second kappa shape index (κ2) is 11.4. The molecule has 2 saturated heterocycles. The summed E-state index contributed by atoms with van der Waals surface area (Å²) in [4.78, 5) is 43.2. The molecule has 1 aromatic rings. The van der Waals surface area contributed by atoms with Gasteiger partial charge < -0.3 is 25.0 Å². The van der Waals surface area contributed by atoms with Crippen LogP contribution in [-0.2, 0) is 23.9 Å². The van der Waals surface area contributed by atoms with Gasteiger partial charge in [0, 0.05) is 24.9 Å². The molecule has 4 aliphatic rings. The maximum Gasteiger partial charge on any atom is 0.246 e. The first-order chi connectivity index (χ1) is 19.0. The number of hydrogen-bond donors (Lipinski definition) is 2. The third-order valence-corrected chi connectivity index (χ3v) is 9.43. The number of likely N-dealkylation sites (tertiary alicyclic amines) is 1. The van der Waals surface area contributed by atoms with Crippen LogP contribution in [0.1, 0.15) is 53.4 Å². The van der Waals surface area contributed by atoms with E-state index in [0.717, 1.165) is 19.3 Å². The number of ether oxygens (including phenoxy) is 2. The van der Waals surface area contributed by atoms with Crippen LogP contribution >= 0.6 is 11.6 Å². The van der Waals surface area contributed by atoms with Crippen molar-refractivity contribution in [3.05, 3.63) is 41.2 Å². The summed E-state index contributed by atoms with van der Waals surface area (Å²) in [5.41, 5.74) is -0.920. The van der Waals surface area contributed by atoms with Gasteiger partial charge in [-0.15, -0.1) is 0 Å². The molecule has 40 heavy (non-hydrogen) atoms. The molecule has 1 saturated carbocycles. The Morgan fingerprint density at radius 2 is 2.02 bits per heavy atom. The maximum atomic E-state index is 14.0. The molecule has 8 atom stereocenters. The molecule has 0 unspecified atom stereocenters. The Kier molecular flexibility index (Phi) is 8.28. The Balaban J connectivity index is 1.41. The first kappa shape index (κ1) is 29.0. The van der Waals surface area contributed by atoms with E-state index in [2.05, 4.69) is 24.5 Å². The van der Waals surface area contributed by atoms with Gasteiger partial charge in [-0.3, -0.25) is 14.4 Å². The molecule has 0 aromatic heterocycles. The third kappa shape index (κ3) is 5.16. The zero-order valence-corrected chi connectivity index (χ0v) is 24.2.